The Bertz CT molecular complexity index is 1010. The van der Waals surface area contributed by atoms with E-state index in [-0.39, 0.29) is 11.5 Å². The number of piperazine rings is 1. The molecule has 0 saturated carbocycles. The highest BCUT2D eigenvalue weighted by Crippen LogP contribution is 2.27. The largest absolute Gasteiger partial charge is 0.494 e. The molecule has 0 bridgehead atoms. The van der Waals surface area contributed by atoms with E-state index in [1.54, 1.807) is 29.2 Å². The van der Waals surface area contributed by atoms with Gasteiger partial charge in [0, 0.05) is 44.5 Å². The quantitative estimate of drug-likeness (QED) is 0.535. The molecule has 2 aliphatic heterocycles. The molecule has 10 heteroatoms. The van der Waals surface area contributed by atoms with E-state index < -0.39 is 17.8 Å². The molecule has 4 rings (SSSR count). The monoisotopic (exact) mass is 504 g/mol. The molecular weight excluding hydrogens is 473 g/mol. The number of hydrogen-bond donors (Lipinski definition) is 0. The number of halogens is 3. The molecule has 36 heavy (non-hydrogen) atoms. The van der Waals surface area contributed by atoms with Crippen LogP contribution in [0.4, 0.5) is 13.2 Å². The molecule has 0 N–H and O–H groups in total. The standard InChI is InChI=1S/C26H31F3N4O3/c27-26(28,29)23-10-7-21(19-30-23)25(35)33-16-14-32(15-17-33)24(34)20-5-8-22(9-6-20)36-18-4-13-31-11-2-1-3-12-31/h5-10,19H,1-4,11-18H2. The number of nitrogens with zero attached hydrogens (tertiary/aromatic N) is 4. The molecule has 2 aliphatic rings. The maximum Gasteiger partial charge on any atom is 0.433 e. The number of ether oxygens (including phenoxy) is 1. The van der Waals surface area contributed by atoms with Crippen LogP contribution in [0.15, 0.2) is 42.6 Å². The zero-order chi connectivity index (χ0) is 25.5. The average Bonchev–Trinajstić information content (AvgIpc) is 2.91. The van der Waals surface area contributed by atoms with E-state index in [1.165, 1.54) is 37.3 Å². The minimum Gasteiger partial charge on any atom is -0.494 e. The molecule has 0 aliphatic carbocycles. The normalized spacial score (nSPS) is 17.2. The van der Waals surface area contributed by atoms with Crippen molar-refractivity contribution in [2.45, 2.75) is 31.9 Å². The Kier molecular flexibility index (Phi) is 8.45. The predicted octanol–water partition coefficient (Wildman–Crippen LogP) is 3.95. The second-order valence-corrected chi connectivity index (χ2v) is 9.14. The van der Waals surface area contributed by atoms with Crippen molar-refractivity contribution in [2.75, 3.05) is 52.4 Å². The minimum atomic E-state index is -4.55. The van der Waals surface area contributed by atoms with Gasteiger partial charge in [-0.15, -0.1) is 0 Å². The number of likely N-dealkylation sites (tertiary alicyclic amines) is 1. The summed E-state index contributed by atoms with van der Waals surface area (Å²) in [5.74, 6) is 0.200. The van der Waals surface area contributed by atoms with Gasteiger partial charge >= 0.3 is 6.18 Å². The van der Waals surface area contributed by atoms with Gasteiger partial charge in [-0.25, -0.2) is 0 Å². The lowest BCUT2D eigenvalue weighted by atomic mass is 10.1. The maximum atomic E-state index is 12.9. The number of carbonyl (C=O) groups excluding carboxylic acids is 2. The molecule has 194 valence electrons. The van der Waals surface area contributed by atoms with Crippen molar-refractivity contribution in [3.63, 3.8) is 0 Å². The summed E-state index contributed by atoms with van der Waals surface area (Å²) in [5, 5.41) is 0. The Labute approximate surface area is 208 Å². The zero-order valence-electron chi connectivity index (χ0n) is 20.2. The topological polar surface area (TPSA) is 66.0 Å². The number of rotatable bonds is 7. The van der Waals surface area contributed by atoms with Crippen LogP contribution in [0.2, 0.25) is 0 Å². The molecule has 0 spiro atoms. The third-order valence-electron chi connectivity index (χ3n) is 6.59. The van der Waals surface area contributed by atoms with Crippen LogP contribution in [0.5, 0.6) is 5.75 Å². The van der Waals surface area contributed by atoms with Crippen LogP contribution >= 0.6 is 0 Å². The molecule has 1 aromatic carbocycles. The van der Waals surface area contributed by atoms with Gasteiger partial charge < -0.3 is 19.4 Å². The highest BCUT2D eigenvalue weighted by molar-refractivity contribution is 5.96. The molecule has 1 aromatic heterocycles. The van der Waals surface area contributed by atoms with Gasteiger partial charge in [-0.1, -0.05) is 6.42 Å². The first kappa shape index (κ1) is 25.9. The minimum absolute atomic E-state index is 0.0919. The van der Waals surface area contributed by atoms with E-state index in [0.29, 0.717) is 38.3 Å². The van der Waals surface area contributed by atoms with Crippen LogP contribution in [0.1, 0.15) is 52.1 Å². The highest BCUT2D eigenvalue weighted by Gasteiger charge is 2.33. The van der Waals surface area contributed by atoms with Crippen molar-refractivity contribution in [2.24, 2.45) is 0 Å². The summed E-state index contributed by atoms with van der Waals surface area (Å²) in [6, 6.07) is 9.01. The van der Waals surface area contributed by atoms with E-state index in [0.717, 1.165) is 37.0 Å². The van der Waals surface area contributed by atoms with Crippen molar-refractivity contribution in [1.82, 2.24) is 19.7 Å². The van der Waals surface area contributed by atoms with Crippen LogP contribution in [-0.2, 0) is 6.18 Å². The summed E-state index contributed by atoms with van der Waals surface area (Å²) < 4.78 is 43.9. The van der Waals surface area contributed by atoms with Crippen LogP contribution in [0.25, 0.3) is 0 Å². The van der Waals surface area contributed by atoms with E-state index >= 15 is 0 Å². The van der Waals surface area contributed by atoms with E-state index in [1.807, 2.05) is 0 Å². The van der Waals surface area contributed by atoms with E-state index in [4.69, 9.17) is 4.74 Å². The lowest BCUT2D eigenvalue weighted by Crippen LogP contribution is -2.50. The molecule has 3 heterocycles. The van der Waals surface area contributed by atoms with Gasteiger partial charge in [0.15, 0.2) is 0 Å². The SMILES string of the molecule is O=C(c1ccc(OCCCN2CCCCC2)cc1)N1CCN(C(=O)c2ccc(C(F)(F)F)nc2)CC1. The van der Waals surface area contributed by atoms with Crippen molar-refractivity contribution < 1.29 is 27.5 Å². The summed E-state index contributed by atoms with van der Waals surface area (Å²) in [5.41, 5.74) is -0.403. The summed E-state index contributed by atoms with van der Waals surface area (Å²) in [6.45, 7) is 5.29. The Morgan fingerprint density at radius 3 is 1.94 bits per heavy atom. The lowest BCUT2D eigenvalue weighted by Gasteiger charge is -2.34. The maximum absolute atomic E-state index is 12.9. The van der Waals surface area contributed by atoms with Gasteiger partial charge in [0.05, 0.1) is 12.2 Å². The molecule has 2 aromatic rings. The van der Waals surface area contributed by atoms with E-state index in [2.05, 4.69) is 9.88 Å². The number of alkyl halides is 3. The molecule has 2 amide bonds. The number of aromatic nitrogens is 1. The smallest absolute Gasteiger partial charge is 0.433 e. The molecule has 7 nitrogen and oxygen atoms in total. The van der Waals surface area contributed by atoms with E-state index in [9.17, 15) is 22.8 Å². The third kappa shape index (κ3) is 6.75. The molecule has 0 radical (unpaired) electrons. The number of carbonyl (C=O) groups is 2. The van der Waals surface area contributed by atoms with Gasteiger partial charge in [0.25, 0.3) is 11.8 Å². The Balaban J connectivity index is 1.21. The lowest BCUT2D eigenvalue weighted by molar-refractivity contribution is -0.141. The number of benzene rings is 1. The third-order valence-corrected chi connectivity index (χ3v) is 6.59. The van der Waals surface area contributed by atoms with Crippen LogP contribution < -0.4 is 4.74 Å². The van der Waals surface area contributed by atoms with Gasteiger partial charge in [-0.3, -0.25) is 14.6 Å². The number of hydrogen-bond acceptors (Lipinski definition) is 5. The van der Waals surface area contributed by atoms with Crippen LogP contribution in [-0.4, -0.2) is 83.9 Å². The molecule has 0 atom stereocenters. The predicted molar refractivity (Wildman–Crippen MR) is 128 cm³/mol. The second-order valence-electron chi connectivity index (χ2n) is 9.14. The first-order chi connectivity index (χ1) is 17.3. The highest BCUT2D eigenvalue weighted by atomic mass is 19.4. The average molecular weight is 505 g/mol. The first-order valence-electron chi connectivity index (χ1n) is 12.4. The van der Waals surface area contributed by atoms with Crippen molar-refractivity contribution >= 4 is 11.8 Å². The first-order valence-corrected chi connectivity index (χ1v) is 12.4. The fraction of sp³-hybridized carbons (Fsp3) is 0.500. The van der Waals surface area contributed by atoms with Gasteiger partial charge in [0.1, 0.15) is 11.4 Å². The number of amides is 2. The molecule has 0 unspecified atom stereocenters. The molecule has 2 fully saturated rings. The summed E-state index contributed by atoms with van der Waals surface area (Å²) in [4.78, 5) is 34.5. The number of piperidine rings is 1. The Morgan fingerprint density at radius 2 is 1.39 bits per heavy atom. The number of pyridine rings is 1. The summed E-state index contributed by atoms with van der Waals surface area (Å²) >= 11 is 0. The zero-order valence-corrected chi connectivity index (χ0v) is 20.2. The van der Waals surface area contributed by atoms with Gasteiger partial charge in [-0.05, 0) is 68.8 Å². The van der Waals surface area contributed by atoms with Gasteiger partial charge in [0.2, 0.25) is 0 Å². The fourth-order valence-electron chi connectivity index (χ4n) is 4.52. The Hall–Kier alpha value is -3.14. The van der Waals surface area contributed by atoms with Crippen molar-refractivity contribution in [3.05, 3.63) is 59.4 Å². The summed E-state index contributed by atoms with van der Waals surface area (Å²) in [6.07, 6.45) is 1.24. The van der Waals surface area contributed by atoms with Crippen molar-refractivity contribution in [3.8, 4) is 5.75 Å². The van der Waals surface area contributed by atoms with Crippen LogP contribution in [0.3, 0.4) is 0 Å². The van der Waals surface area contributed by atoms with Gasteiger partial charge in [-0.2, -0.15) is 13.2 Å². The van der Waals surface area contributed by atoms with Crippen LogP contribution in [0, 0.1) is 0 Å². The second kappa shape index (κ2) is 11.7. The van der Waals surface area contributed by atoms with Crippen molar-refractivity contribution in [1.29, 1.82) is 0 Å². The Morgan fingerprint density at radius 1 is 0.806 bits per heavy atom. The summed E-state index contributed by atoms with van der Waals surface area (Å²) in [7, 11) is 0. The fourth-order valence-corrected chi connectivity index (χ4v) is 4.52. The molecule has 2 saturated heterocycles. The molecular formula is C26H31F3N4O3.